The van der Waals surface area contributed by atoms with E-state index in [0.717, 1.165) is 0 Å². The summed E-state index contributed by atoms with van der Waals surface area (Å²) in [6.07, 6.45) is 2.37. The Hall–Kier alpha value is 0.350. The number of hydrogen-bond acceptors (Lipinski definition) is 0. The van der Waals surface area contributed by atoms with Gasteiger partial charge in [-0.25, -0.2) is 0 Å². The Kier molecular flexibility index (Phi) is 3.64. The highest BCUT2D eigenvalue weighted by Gasteiger charge is 2.22. The van der Waals surface area contributed by atoms with Crippen LogP contribution in [0.5, 0.6) is 0 Å². The number of hydrogen-bond donors (Lipinski definition) is 0. The van der Waals surface area contributed by atoms with Crippen LogP contribution >= 0.6 is 12.6 Å². The van der Waals surface area contributed by atoms with Gasteiger partial charge in [0, 0.05) is 4.75 Å². The topological polar surface area (TPSA) is 0 Å². The third kappa shape index (κ3) is 3.14. The largest absolute Gasteiger partial charge is 0.0868 e. The summed E-state index contributed by atoms with van der Waals surface area (Å²) in [5, 5.41) is 0. The Labute approximate surface area is 64.4 Å². The van der Waals surface area contributed by atoms with Crippen LogP contribution in [0.4, 0.5) is 0 Å². The van der Waals surface area contributed by atoms with Gasteiger partial charge in [0.05, 0.1) is 0 Å². The molecule has 1 atom stereocenters. The second kappa shape index (κ2) is 3.50. The third-order valence-electron chi connectivity index (χ3n) is 1.97. The molecule has 0 aromatic heterocycles. The van der Waals surface area contributed by atoms with E-state index in [1.165, 1.54) is 12.8 Å². The molecule has 0 aliphatic heterocycles. The molecule has 0 N–H and O–H groups in total. The monoisotopic (exact) mass is 145 g/mol. The fourth-order valence-corrected chi connectivity index (χ4v) is 0.989. The molecule has 0 spiro atoms. The van der Waals surface area contributed by atoms with Crippen molar-refractivity contribution in [1.29, 1.82) is 0 Å². The van der Waals surface area contributed by atoms with Gasteiger partial charge >= 0.3 is 0 Å². The third-order valence-corrected chi connectivity index (χ3v) is 2.64. The first-order chi connectivity index (χ1) is 4.00. The van der Waals surface area contributed by atoms with Crippen molar-refractivity contribution in [2.24, 2.45) is 5.92 Å². The smallest absolute Gasteiger partial charge is 0.0258 e. The molecular formula is C8H17S. The summed E-state index contributed by atoms with van der Waals surface area (Å²) in [4.78, 5) is 0. The highest BCUT2D eigenvalue weighted by Crippen LogP contribution is 2.28. The van der Waals surface area contributed by atoms with Gasteiger partial charge in [-0.05, 0) is 19.3 Å². The summed E-state index contributed by atoms with van der Waals surface area (Å²) in [7, 11) is 0. The Bertz CT molecular complexity index is 74.6. The summed E-state index contributed by atoms with van der Waals surface area (Å²) < 4.78 is 0.134. The first-order valence-corrected chi connectivity index (χ1v) is 4.12. The van der Waals surface area contributed by atoms with Gasteiger partial charge in [-0.3, -0.25) is 0 Å². The fraction of sp³-hybridized carbons (Fsp3) is 1.00. The average Bonchev–Trinajstić information content (AvgIpc) is 1.65. The summed E-state index contributed by atoms with van der Waals surface area (Å²) in [5.74, 6) is 0.632. The predicted molar refractivity (Wildman–Crippen MR) is 45.7 cm³/mol. The molecule has 0 saturated carbocycles. The van der Waals surface area contributed by atoms with Gasteiger partial charge in [-0.1, -0.05) is 39.8 Å². The molecule has 1 unspecified atom stereocenters. The van der Waals surface area contributed by atoms with Gasteiger partial charge in [0.1, 0.15) is 0 Å². The van der Waals surface area contributed by atoms with Crippen LogP contribution in [0, 0.1) is 5.92 Å². The molecule has 0 aromatic carbocycles. The van der Waals surface area contributed by atoms with Gasteiger partial charge < -0.3 is 0 Å². The molecule has 0 nitrogen and oxygen atoms in total. The number of rotatable bonds is 3. The highest BCUT2D eigenvalue weighted by molar-refractivity contribution is 7.81. The maximum Gasteiger partial charge on any atom is 0.0258 e. The van der Waals surface area contributed by atoms with E-state index in [2.05, 4.69) is 27.7 Å². The van der Waals surface area contributed by atoms with Crippen LogP contribution in [0.25, 0.3) is 0 Å². The maximum absolute atomic E-state index is 5.37. The maximum atomic E-state index is 5.37. The molecule has 0 rings (SSSR count). The summed E-state index contributed by atoms with van der Waals surface area (Å²) in [5.41, 5.74) is 0. The highest BCUT2D eigenvalue weighted by atomic mass is 32.1. The second-order valence-corrected chi connectivity index (χ2v) is 4.15. The van der Waals surface area contributed by atoms with Crippen LogP contribution in [0.1, 0.15) is 40.5 Å². The molecular weight excluding hydrogens is 128 g/mol. The molecule has 0 heterocycles. The quantitative estimate of drug-likeness (QED) is 0.571. The first kappa shape index (κ1) is 9.35. The van der Waals surface area contributed by atoms with Crippen LogP contribution in [0.3, 0.4) is 0 Å². The molecule has 55 valence electrons. The lowest BCUT2D eigenvalue weighted by Crippen LogP contribution is -2.23. The lowest BCUT2D eigenvalue weighted by Gasteiger charge is -2.26. The Morgan fingerprint density at radius 1 is 1.44 bits per heavy atom. The minimum atomic E-state index is 0.134. The summed E-state index contributed by atoms with van der Waals surface area (Å²) in [6, 6.07) is 0. The van der Waals surface area contributed by atoms with E-state index < -0.39 is 0 Å². The Morgan fingerprint density at radius 3 is 2.00 bits per heavy atom. The lowest BCUT2D eigenvalue weighted by atomic mass is 9.92. The zero-order chi connectivity index (χ0) is 7.49. The molecule has 0 aromatic rings. The SMILES string of the molecule is CCCC(C)([S])C(C)C. The average molecular weight is 145 g/mol. The van der Waals surface area contributed by atoms with Crippen molar-refractivity contribution in [2.75, 3.05) is 0 Å². The van der Waals surface area contributed by atoms with Crippen molar-refractivity contribution in [1.82, 2.24) is 0 Å². The molecule has 0 bridgehead atoms. The van der Waals surface area contributed by atoms with E-state index >= 15 is 0 Å². The van der Waals surface area contributed by atoms with Crippen LogP contribution in [-0.4, -0.2) is 4.75 Å². The van der Waals surface area contributed by atoms with E-state index in [-0.39, 0.29) is 4.75 Å². The van der Waals surface area contributed by atoms with Crippen LogP contribution in [0.2, 0.25) is 0 Å². The second-order valence-electron chi connectivity index (χ2n) is 3.22. The van der Waals surface area contributed by atoms with Gasteiger partial charge in [0.2, 0.25) is 0 Å². The van der Waals surface area contributed by atoms with Crippen LogP contribution < -0.4 is 0 Å². The van der Waals surface area contributed by atoms with Crippen molar-refractivity contribution in [3.8, 4) is 0 Å². The first-order valence-electron chi connectivity index (χ1n) is 3.71. The van der Waals surface area contributed by atoms with E-state index in [1.54, 1.807) is 0 Å². The molecule has 0 amide bonds. The van der Waals surface area contributed by atoms with Crippen LogP contribution in [-0.2, 0) is 0 Å². The normalized spacial score (nSPS) is 18.0. The lowest BCUT2D eigenvalue weighted by molar-refractivity contribution is 0.438. The molecule has 0 aliphatic carbocycles. The summed E-state index contributed by atoms with van der Waals surface area (Å²) in [6.45, 7) is 8.74. The van der Waals surface area contributed by atoms with Crippen LogP contribution in [0.15, 0.2) is 0 Å². The Morgan fingerprint density at radius 2 is 1.89 bits per heavy atom. The molecule has 1 radical (unpaired) electrons. The molecule has 0 aliphatic rings. The zero-order valence-electron chi connectivity index (χ0n) is 6.90. The van der Waals surface area contributed by atoms with E-state index in [1.807, 2.05) is 0 Å². The van der Waals surface area contributed by atoms with Crippen molar-refractivity contribution in [2.45, 2.75) is 45.3 Å². The van der Waals surface area contributed by atoms with Gasteiger partial charge in [0.15, 0.2) is 0 Å². The minimum absolute atomic E-state index is 0.134. The van der Waals surface area contributed by atoms with Gasteiger partial charge in [-0.15, -0.1) is 0 Å². The molecule has 0 fully saturated rings. The van der Waals surface area contributed by atoms with E-state index in [9.17, 15) is 0 Å². The van der Waals surface area contributed by atoms with E-state index in [0.29, 0.717) is 5.92 Å². The van der Waals surface area contributed by atoms with Gasteiger partial charge in [0.25, 0.3) is 0 Å². The standard InChI is InChI=1S/C8H17S/c1-5-6-8(4,9)7(2)3/h7H,5-6H2,1-4H3. The van der Waals surface area contributed by atoms with Crippen molar-refractivity contribution < 1.29 is 0 Å². The Balaban J connectivity index is 3.70. The predicted octanol–water partition coefficient (Wildman–Crippen LogP) is 3.40. The molecule has 9 heavy (non-hydrogen) atoms. The van der Waals surface area contributed by atoms with E-state index in [4.69, 9.17) is 12.6 Å². The van der Waals surface area contributed by atoms with Crippen molar-refractivity contribution >= 4 is 12.6 Å². The fourth-order valence-electron chi connectivity index (χ4n) is 0.785. The minimum Gasteiger partial charge on any atom is -0.0868 e. The van der Waals surface area contributed by atoms with Crippen molar-refractivity contribution in [3.63, 3.8) is 0 Å². The summed E-state index contributed by atoms with van der Waals surface area (Å²) >= 11 is 5.37. The van der Waals surface area contributed by atoms with Crippen molar-refractivity contribution in [3.05, 3.63) is 0 Å². The van der Waals surface area contributed by atoms with Gasteiger partial charge in [-0.2, -0.15) is 0 Å². The zero-order valence-corrected chi connectivity index (χ0v) is 7.72. The molecule has 1 heteroatoms. The molecule has 0 saturated heterocycles.